The second-order valence-electron chi connectivity index (χ2n) is 9.01. The van der Waals surface area contributed by atoms with Gasteiger partial charge in [0.05, 0.1) is 33.5 Å². The van der Waals surface area contributed by atoms with Gasteiger partial charge < -0.3 is 0 Å². The monoisotopic (exact) mass is 474 g/mol. The Morgan fingerprint density at radius 2 is 1.27 bits per heavy atom. The third kappa shape index (κ3) is 2.90. The summed E-state index contributed by atoms with van der Waals surface area (Å²) in [6.07, 6.45) is 5.46. The van der Waals surface area contributed by atoms with Crippen molar-refractivity contribution in [2.24, 2.45) is 0 Å². The Morgan fingerprint density at radius 1 is 0.541 bits per heavy atom. The van der Waals surface area contributed by atoms with Crippen LogP contribution in [0, 0.1) is 0 Å². The summed E-state index contributed by atoms with van der Waals surface area (Å²) in [5.41, 5.74) is 6.53. The van der Waals surface area contributed by atoms with Crippen LogP contribution >= 0.6 is 0 Å². The van der Waals surface area contributed by atoms with Crippen LogP contribution in [0.5, 0.6) is 0 Å². The Hall–Kier alpha value is -5.23. The predicted octanol–water partition coefficient (Wildman–Crippen LogP) is 7.24. The number of fused-ring (bicyclic) bond motifs is 5. The molecule has 4 aromatic heterocycles. The molecule has 8 rings (SSSR count). The zero-order valence-corrected chi connectivity index (χ0v) is 19.6. The fourth-order valence-electron chi connectivity index (χ4n) is 5.33. The molecule has 172 valence electrons. The van der Waals surface area contributed by atoms with Crippen LogP contribution in [0.2, 0.25) is 0 Å². The summed E-state index contributed by atoms with van der Waals surface area (Å²) in [5.74, 6) is 1.35. The molecular formula is C31H18N6. The highest BCUT2D eigenvalue weighted by atomic mass is 15.3. The van der Waals surface area contributed by atoms with E-state index in [0.29, 0.717) is 5.95 Å². The molecule has 37 heavy (non-hydrogen) atoms. The Bertz CT molecular complexity index is 2000. The van der Waals surface area contributed by atoms with Gasteiger partial charge in [-0.3, -0.25) is 14.9 Å². The maximum atomic E-state index is 5.17. The highest BCUT2D eigenvalue weighted by molar-refractivity contribution is 6.19. The van der Waals surface area contributed by atoms with Gasteiger partial charge in [-0.1, -0.05) is 54.6 Å². The number of para-hydroxylation sites is 3. The molecule has 7 aromatic rings. The Morgan fingerprint density at radius 3 is 2.14 bits per heavy atom. The minimum atomic E-state index is 0.566. The summed E-state index contributed by atoms with van der Waals surface area (Å²) >= 11 is 0. The number of aromatic nitrogens is 5. The van der Waals surface area contributed by atoms with Crippen LogP contribution in [-0.2, 0) is 0 Å². The first-order valence-corrected chi connectivity index (χ1v) is 12.1. The van der Waals surface area contributed by atoms with E-state index in [4.69, 9.17) is 19.9 Å². The van der Waals surface area contributed by atoms with Crippen molar-refractivity contribution in [2.45, 2.75) is 0 Å². The van der Waals surface area contributed by atoms with Gasteiger partial charge >= 0.3 is 0 Å². The molecule has 0 aliphatic carbocycles. The van der Waals surface area contributed by atoms with Gasteiger partial charge in [-0.05, 0) is 41.8 Å². The molecule has 6 nitrogen and oxygen atoms in total. The van der Waals surface area contributed by atoms with Gasteiger partial charge in [0.2, 0.25) is 5.95 Å². The van der Waals surface area contributed by atoms with E-state index < -0.39 is 0 Å². The van der Waals surface area contributed by atoms with Crippen LogP contribution in [0.3, 0.4) is 0 Å². The number of hydrogen-bond donors (Lipinski definition) is 0. The average Bonchev–Trinajstić information content (AvgIpc) is 2.97. The van der Waals surface area contributed by atoms with Crippen LogP contribution < -0.4 is 4.90 Å². The number of rotatable bonds is 2. The van der Waals surface area contributed by atoms with E-state index >= 15 is 0 Å². The van der Waals surface area contributed by atoms with Crippen molar-refractivity contribution in [2.75, 3.05) is 4.90 Å². The van der Waals surface area contributed by atoms with E-state index in [1.165, 1.54) is 0 Å². The molecule has 3 aromatic carbocycles. The zero-order valence-electron chi connectivity index (χ0n) is 19.6. The molecule has 0 spiro atoms. The fraction of sp³-hybridized carbons (Fsp3) is 0. The maximum absolute atomic E-state index is 5.17. The van der Waals surface area contributed by atoms with Crippen molar-refractivity contribution in [3.8, 4) is 22.5 Å². The zero-order chi connectivity index (χ0) is 24.3. The second-order valence-corrected chi connectivity index (χ2v) is 9.01. The minimum absolute atomic E-state index is 0.566. The van der Waals surface area contributed by atoms with Crippen LogP contribution in [0.15, 0.2) is 110 Å². The van der Waals surface area contributed by atoms with E-state index in [1.54, 1.807) is 12.4 Å². The minimum Gasteiger partial charge on any atom is -0.265 e. The van der Waals surface area contributed by atoms with E-state index in [0.717, 1.165) is 66.6 Å². The molecular weight excluding hydrogens is 456 g/mol. The van der Waals surface area contributed by atoms with Crippen LogP contribution in [0.4, 0.5) is 17.5 Å². The van der Waals surface area contributed by atoms with Crippen molar-refractivity contribution in [1.82, 2.24) is 24.9 Å². The van der Waals surface area contributed by atoms with Gasteiger partial charge in [0.1, 0.15) is 0 Å². The standard InChI is InChI=1S/C31H18N6/c1-4-10-24-20(7-1)21-15-18-33-29-23-9-3-6-12-26(23)37(30(34-24)27(21)29)31-35-25-11-5-2-8-22(25)28(36-31)19-13-16-32-17-14-19/h1-18H. The molecule has 0 amide bonds. The molecule has 0 unspecified atom stereocenters. The van der Waals surface area contributed by atoms with Gasteiger partial charge in [0.15, 0.2) is 5.82 Å². The van der Waals surface area contributed by atoms with E-state index in [1.807, 2.05) is 66.9 Å². The number of nitrogens with zero attached hydrogens (tertiary/aromatic N) is 6. The lowest BCUT2D eigenvalue weighted by Crippen LogP contribution is -2.19. The van der Waals surface area contributed by atoms with Crippen LogP contribution in [0.1, 0.15) is 0 Å². The highest BCUT2D eigenvalue weighted by Crippen LogP contribution is 2.49. The summed E-state index contributed by atoms with van der Waals surface area (Å²) in [7, 11) is 0. The summed E-state index contributed by atoms with van der Waals surface area (Å²) in [6, 6.07) is 30.6. The van der Waals surface area contributed by atoms with Gasteiger partial charge in [-0.25, -0.2) is 15.0 Å². The molecule has 0 N–H and O–H groups in total. The molecule has 0 fully saturated rings. The fourth-order valence-corrected chi connectivity index (χ4v) is 5.33. The van der Waals surface area contributed by atoms with Crippen molar-refractivity contribution < 1.29 is 0 Å². The summed E-state index contributed by atoms with van der Waals surface area (Å²) < 4.78 is 0. The molecule has 0 saturated carbocycles. The first kappa shape index (κ1) is 20.0. The van der Waals surface area contributed by atoms with Gasteiger partial charge in [0, 0.05) is 40.5 Å². The first-order chi connectivity index (χ1) is 18.4. The number of anilines is 3. The van der Waals surface area contributed by atoms with E-state index in [9.17, 15) is 0 Å². The normalized spacial score (nSPS) is 12.3. The largest absolute Gasteiger partial charge is 0.265 e. The summed E-state index contributed by atoms with van der Waals surface area (Å²) in [5, 5.41) is 4.20. The molecule has 0 saturated heterocycles. The Labute approximate surface area is 211 Å². The third-order valence-electron chi connectivity index (χ3n) is 6.95. The van der Waals surface area contributed by atoms with Crippen molar-refractivity contribution >= 4 is 50.0 Å². The van der Waals surface area contributed by atoms with Gasteiger partial charge in [-0.15, -0.1) is 0 Å². The number of pyridine rings is 3. The van der Waals surface area contributed by atoms with Crippen molar-refractivity contribution in [1.29, 1.82) is 0 Å². The molecule has 0 bridgehead atoms. The van der Waals surface area contributed by atoms with E-state index in [-0.39, 0.29) is 0 Å². The quantitative estimate of drug-likeness (QED) is 0.246. The SMILES string of the molecule is c1ccc2c(c1)-c1nccc3c1c(nc1ccccc13)N2c1nc(-c2ccncc2)c2ccccc2n1. The molecule has 5 heterocycles. The van der Waals surface area contributed by atoms with Gasteiger partial charge in [0.25, 0.3) is 0 Å². The molecule has 6 heteroatoms. The first-order valence-electron chi connectivity index (χ1n) is 12.1. The van der Waals surface area contributed by atoms with Crippen molar-refractivity contribution in [3.05, 3.63) is 110 Å². The second kappa shape index (κ2) is 7.63. The molecule has 0 atom stereocenters. The number of benzene rings is 3. The predicted molar refractivity (Wildman–Crippen MR) is 147 cm³/mol. The molecule has 0 radical (unpaired) electrons. The van der Waals surface area contributed by atoms with E-state index in [2.05, 4.69) is 40.2 Å². The molecule has 1 aliphatic rings. The summed E-state index contributed by atoms with van der Waals surface area (Å²) in [6.45, 7) is 0. The van der Waals surface area contributed by atoms with Gasteiger partial charge in [-0.2, -0.15) is 0 Å². The number of hydrogen-bond acceptors (Lipinski definition) is 6. The maximum Gasteiger partial charge on any atom is 0.237 e. The average molecular weight is 475 g/mol. The van der Waals surface area contributed by atoms with Crippen molar-refractivity contribution in [3.63, 3.8) is 0 Å². The van der Waals surface area contributed by atoms with Crippen LogP contribution in [0.25, 0.3) is 55.1 Å². The van der Waals surface area contributed by atoms with Crippen LogP contribution in [-0.4, -0.2) is 24.9 Å². The smallest absolute Gasteiger partial charge is 0.237 e. The molecule has 1 aliphatic heterocycles. The lowest BCUT2D eigenvalue weighted by atomic mass is 9.96. The Kier molecular flexibility index (Phi) is 4.13. The lowest BCUT2D eigenvalue weighted by molar-refractivity contribution is 1.08. The summed E-state index contributed by atoms with van der Waals surface area (Å²) in [4.78, 5) is 26.5. The lowest BCUT2D eigenvalue weighted by Gasteiger charge is -2.31. The Balaban J connectivity index is 1.51. The topological polar surface area (TPSA) is 67.7 Å². The third-order valence-corrected chi connectivity index (χ3v) is 6.95. The highest BCUT2D eigenvalue weighted by Gasteiger charge is 2.31.